The summed E-state index contributed by atoms with van der Waals surface area (Å²) < 4.78 is 29.8. The molecule has 21 heavy (non-hydrogen) atoms. The van der Waals surface area contributed by atoms with Crippen molar-refractivity contribution in [2.75, 3.05) is 17.7 Å². The summed E-state index contributed by atoms with van der Waals surface area (Å²) in [5.74, 6) is -0.674. The fraction of sp³-hybridized carbons (Fsp3) is 0.500. The van der Waals surface area contributed by atoms with Gasteiger partial charge in [0, 0.05) is 17.3 Å². The number of hydrogen-bond acceptors (Lipinski definition) is 4. The lowest BCUT2D eigenvalue weighted by atomic mass is 10.3. The molecule has 0 aromatic heterocycles. The van der Waals surface area contributed by atoms with Crippen molar-refractivity contribution in [3.05, 3.63) is 29.3 Å². The zero-order valence-electron chi connectivity index (χ0n) is 11.7. The Morgan fingerprint density at radius 2 is 2.29 bits per heavy atom. The first-order chi connectivity index (χ1) is 9.88. The van der Waals surface area contributed by atoms with Gasteiger partial charge < -0.3 is 10.1 Å². The Morgan fingerprint density at radius 3 is 2.90 bits per heavy atom. The maximum absolute atomic E-state index is 12.2. The van der Waals surface area contributed by atoms with E-state index < -0.39 is 21.0 Å². The topological polar surface area (TPSA) is 72.5 Å². The van der Waals surface area contributed by atoms with E-state index in [0.29, 0.717) is 17.3 Å². The number of rotatable bonds is 5. The van der Waals surface area contributed by atoms with E-state index in [-0.39, 0.29) is 11.9 Å². The van der Waals surface area contributed by atoms with Gasteiger partial charge in [0.15, 0.2) is 9.84 Å². The van der Waals surface area contributed by atoms with Crippen LogP contribution in [0.3, 0.4) is 0 Å². The molecule has 5 nitrogen and oxygen atoms in total. The zero-order chi connectivity index (χ0) is 15.5. The van der Waals surface area contributed by atoms with Gasteiger partial charge in [-0.05, 0) is 38.0 Å². The minimum Gasteiger partial charge on any atom is -0.377 e. The number of sulfone groups is 1. The minimum absolute atomic E-state index is 0.114. The van der Waals surface area contributed by atoms with Crippen molar-refractivity contribution in [1.82, 2.24) is 0 Å². The van der Waals surface area contributed by atoms with Gasteiger partial charge in [-0.3, -0.25) is 4.79 Å². The molecule has 2 atom stereocenters. The largest absolute Gasteiger partial charge is 0.377 e. The zero-order valence-corrected chi connectivity index (χ0v) is 13.3. The van der Waals surface area contributed by atoms with Crippen LogP contribution < -0.4 is 5.32 Å². The van der Waals surface area contributed by atoms with Gasteiger partial charge in [0.1, 0.15) is 5.25 Å². The molecular formula is C14H18ClNO4S. The third-order valence-corrected chi connectivity index (χ3v) is 5.81. The molecule has 1 aliphatic rings. The van der Waals surface area contributed by atoms with Crippen LogP contribution in [0.4, 0.5) is 5.69 Å². The molecule has 1 saturated heterocycles. The van der Waals surface area contributed by atoms with Crippen LogP contribution in [0.1, 0.15) is 19.8 Å². The third-order valence-electron chi connectivity index (χ3n) is 3.44. The second-order valence-electron chi connectivity index (χ2n) is 5.11. The van der Waals surface area contributed by atoms with E-state index in [1.165, 1.54) is 6.92 Å². The van der Waals surface area contributed by atoms with Gasteiger partial charge >= 0.3 is 0 Å². The second-order valence-corrected chi connectivity index (χ2v) is 7.91. The van der Waals surface area contributed by atoms with Gasteiger partial charge in [-0.25, -0.2) is 8.42 Å². The number of carbonyl (C=O) groups excluding carboxylic acids is 1. The van der Waals surface area contributed by atoms with E-state index in [2.05, 4.69) is 5.32 Å². The van der Waals surface area contributed by atoms with Gasteiger partial charge in [0.25, 0.3) is 0 Å². The normalized spacial score (nSPS) is 20.2. The number of halogens is 1. The molecular weight excluding hydrogens is 314 g/mol. The molecule has 1 amide bonds. The predicted octanol–water partition coefficient (Wildman–Crippen LogP) is 2.26. The molecule has 0 saturated carbocycles. The van der Waals surface area contributed by atoms with Crippen molar-refractivity contribution in [3.8, 4) is 0 Å². The van der Waals surface area contributed by atoms with Crippen molar-refractivity contribution in [1.29, 1.82) is 0 Å². The Hall–Kier alpha value is -1.11. The van der Waals surface area contributed by atoms with Crippen LogP contribution >= 0.6 is 11.6 Å². The molecule has 0 spiro atoms. The Bertz CT molecular complexity index is 611. The second kappa shape index (κ2) is 6.77. The highest BCUT2D eigenvalue weighted by molar-refractivity contribution is 7.92. The number of amides is 1. The van der Waals surface area contributed by atoms with Crippen LogP contribution in [0.2, 0.25) is 5.02 Å². The van der Waals surface area contributed by atoms with Crippen LogP contribution in [-0.4, -0.2) is 38.0 Å². The molecule has 1 fully saturated rings. The number of hydrogen-bond donors (Lipinski definition) is 1. The summed E-state index contributed by atoms with van der Waals surface area (Å²) in [6.45, 7) is 1.98. The summed E-state index contributed by atoms with van der Waals surface area (Å²) in [6, 6.07) is 6.58. The molecule has 0 unspecified atom stereocenters. The summed E-state index contributed by atoms with van der Waals surface area (Å²) in [7, 11) is -3.54. The number of nitrogens with one attached hydrogen (secondary N) is 1. The highest BCUT2D eigenvalue weighted by Gasteiger charge is 2.32. The molecule has 0 bridgehead atoms. The molecule has 116 valence electrons. The maximum atomic E-state index is 12.2. The van der Waals surface area contributed by atoms with Crippen LogP contribution in [0.25, 0.3) is 0 Å². The lowest BCUT2D eigenvalue weighted by molar-refractivity contribution is -0.115. The van der Waals surface area contributed by atoms with E-state index in [4.69, 9.17) is 16.3 Å². The third kappa shape index (κ3) is 4.43. The highest BCUT2D eigenvalue weighted by Crippen LogP contribution is 2.18. The van der Waals surface area contributed by atoms with Crippen LogP contribution in [-0.2, 0) is 19.4 Å². The number of anilines is 1. The number of ether oxygens (including phenoxy) is 1. The Balaban J connectivity index is 2.00. The highest BCUT2D eigenvalue weighted by atomic mass is 35.5. The Labute approximate surface area is 129 Å². The molecule has 2 rings (SSSR count). The van der Waals surface area contributed by atoms with E-state index in [1.807, 2.05) is 0 Å². The van der Waals surface area contributed by atoms with E-state index >= 15 is 0 Å². The molecule has 1 heterocycles. The fourth-order valence-corrected chi connectivity index (χ4v) is 3.80. The Morgan fingerprint density at radius 1 is 1.52 bits per heavy atom. The van der Waals surface area contributed by atoms with Crippen molar-refractivity contribution >= 4 is 33.0 Å². The van der Waals surface area contributed by atoms with E-state index in [9.17, 15) is 13.2 Å². The Kier molecular flexibility index (Phi) is 5.24. The molecule has 1 aromatic rings. The number of benzene rings is 1. The maximum Gasteiger partial charge on any atom is 0.242 e. The van der Waals surface area contributed by atoms with Crippen molar-refractivity contribution in [2.24, 2.45) is 0 Å². The van der Waals surface area contributed by atoms with Gasteiger partial charge in [0.05, 0.1) is 11.9 Å². The average molecular weight is 332 g/mol. The fourth-order valence-electron chi connectivity index (χ4n) is 2.15. The van der Waals surface area contributed by atoms with Crippen LogP contribution in [0.15, 0.2) is 24.3 Å². The van der Waals surface area contributed by atoms with Gasteiger partial charge in [0.2, 0.25) is 5.91 Å². The van der Waals surface area contributed by atoms with Crippen molar-refractivity contribution in [2.45, 2.75) is 31.1 Å². The summed E-state index contributed by atoms with van der Waals surface area (Å²) in [5, 5.41) is 1.92. The lowest BCUT2D eigenvalue weighted by Crippen LogP contribution is -2.37. The minimum atomic E-state index is -3.54. The van der Waals surface area contributed by atoms with E-state index in [0.717, 1.165) is 12.8 Å². The first kappa shape index (κ1) is 16.3. The molecule has 0 radical (unpaired) electrons. The first-order valence-corrected chi connectivity index (χ1v) is 8.87. The van der Waals surface area contributed by atoms with Gasteiger partial charge in [-0.2, -0.15) is 0 Å². The molecule has 1 N–H and O–H groups in total. The lowest BCUT2D eigenvalue weighted by Gasteiger charge is -2.16. The average Bonchev–Trinajstić information content (AvgIpc) is 2.89. The van der Waals surface area contributed by atoms with Crippen LogP contribution in [0.5, 0.6) is 0 Å². The van der Waals surface area contributed by atoms with Gasteiger partial charge in [-0.15, -0.1) is 0 Å². The van der Waals surface area contributed by atoms with Gasteiger partial charge in [-0.1, -0.05) is 17.7 Å². The molecule has 0 aliphatic carbocycles. The first-order valence-electron chi connectivity index (χ1n) is 6.78. The number of carbonyl (C=O) groups is 1. The molecule has 1 aliphatic heterocycles. The van der Waals surface area contributed by atoms with Crippen molar-refractivity contribution < 1.29 is 17.9 Å². The summed E-state index contributed by atoms with van der Waals surface area (Å²) in [4.78, 5) is 12.1. The summed E-state index contributed by atoms with van der Waals surface area (Å²) >= 11 is 5.83. The SMILES string of the molecule is C[C@@H](C(=O)Nc1cccc(Cl)c1)S(=O)(=O)C[C@H]1CCCO1. The van der Waals surface area contributed by atoms with E-state index in [1.54, 1.807) is 24.3 Å². The summed E-state index contributed by atoms with van der Waals surface area (Å²) in [5.41, 5.74) is 0.478. The van der Waals surface area contributed by atoms with Crippen molar-refractivity contribution in [3.63, 3.8) is 0 Å². The standard InChI is InChI=1S/C14H18ClNO4S/c1-10(21(18,19)9-13-6-3-7-20-13)14(17)16-12-5-2-4-11(15)8-12/h2,4-5,8,10,13H,3,6-7,9H2,1H3,(H,16,17)/t10-,13+/m0/s1. The smallest absolute Gasteiger partial charge is 0.242 e. The molecule has 7 heteroatoms. The summed E-state index contributed by atoms with van der Waals surface area (Å²) in [6.07, 6.45) is 1.29. The van der Waals surface area contributed by atoms with Crippen LogP contribution in [0, 0.1) is 0 Å². The molecule has 1 aromatic carbocycles. The monoisotopic (exact) mass is 331 g/mol. The predicted molar refractivity (Wildman–Crippen MR) is 82.3 cm³/mol. The quantitative estimate of drug-likeness (QED) is 0.898.